The summed E-state index contributed by atoms with van der Waals surface area (Å²) in [4.78, 5) is 19.6. The molecule has 0 aliphatic rings. The van der Waals surface area contributed by atoms with Crippen molar-refractivity contribution in [3.63, 3.8) is 0 Å². The quantitative estimate of drug-likeness (QED) is 0.852. The van der Waals surface area contributed by atoms with Crippen molar-refractivity contribution in [1.29, 1.82) is 0 Å². The second-order valence-electron chi connectivity index (χ2n) is 2.26. The molecule has 1 N–H and O–H groups in total. The Morgan fingerprint density at radius 1 is 1.46 bits per heavy atom. The van der Waals surface area contributed by atoms with Gasteiger partial charge in [-0.3, -0.25) is 4.98 Å². The first-order valence-corrected chi connectivity index (χ1v) is 4.93. The van der Waals surface area contributed by atoms with Gasteiger partial charge >= 0.3 is 5.97 Å². The van der Waals surface area contributed by atoms with E-state index >= 15 is 0 Å². The largest absolute Gasteiger partial charge is 0.477 e. The topological polar surface area (TPSA) is 63.1 Å². The van der Waals surface area contributed by atoms with E-state index < -0.39 is 5.97 Å². The maximum Gasteiger partial charge on any atom is 0.347 e. The Morgan fingerprint density at radius 3 is 2.77 bits per heavy atom. The first-order valence-electron chi connectivity index (χ1n) is 3.32. The molecule has 0 aliphatic carbocycles. The normalized spacial score (nSPS) is 10.5. The standard InChI is InChI=1S/C7H3BrN2O2S/c8-3-4-6(10-2-1-9-4)13-5(3)7(11)12/h1-2H,(H,11,12). The van der Waals surface area contributed by atoms with E-state index in [2.05, 4.69) is 25.9 Å². The Bertz CT molecular complexity index is 482. The molecule has 0 saturated carbocycles. The molecule has 0 bridgehead atoms. The van der Waals surface area contributed by atoms with Crippen molar-refractivity contribution in [3.8, 4) is 0 Å². The van der Waals surface area contributed by atoms with Gasteiger partial charge in [0.15, 0.2) is 0 Å². The lowest BCUT2D eigenvalue weighted by Crippen LogP contribution is -1.91. The van der Waals surface area contributed by atoms with E-state index in [0.29, 0.717) is 14.8 Å². The van der Waals surface area contributed by atoms with E-state index in [1.807, 2.05) is 0 Å². The number of hydrogen-bond donors (Lipinski definition) is 1. The monoisotopic (exact) mass is 258 g/mol. The lowest BCUT2D eigenvalue weighted by Gasteiger charge is -1.87. The number of aromatic nitrogens is 2. The number of fused-ring (bicyclic) bond motifs is 1. The highest BCUT2D eigenvalue weighted by Gasteiger charge is 2.16. The fraction of sp³-hybridized carbons (Fsp3) is 0. The number of halogens is 1. The summed E-state index contributed by atoms with van der Waals surface area (Å²) < 4.78 is 0.508. The summed E-state index contributed by atoms with van der Waals surface area (Å²) in [6.07, 6.45) is 3.07. The van der Waals surface area contributed by atoms with Crippen molar-refractivity contribution in [2.75, 3.05) is 0 Å². The second-order valence-corrected chi connectivity index (χ2v) is 4.05. The van der Waals surface area contributed by atoms with Gasteiger partial charge < -0.3 is 5.11 Å². The van der Waals surface area contributed by atoms with Crippen molar-refractivity contribution in [2.45, 2.75) is 0 Å². The van der Waals surface area contributed by atoms with Gasteiger partial charge in [0.2, 0.25) is 0 Å². The maximum absolute atomic E-state index is 10.7. The van der Waals surface area contributed by atoms with Crippen LogP contribution in [0.2, 0.25) is 0 Å². The molecule has 2 heterocycles. The van der Waals surface area contributed by atoms with Crippen LogP contribution in [0.5, 0.6) is 0 Å². The number of hydrogen-bond acceptors (Lipinski definition) is 4. The fourth-order valence-corrected chi connectivity index (χ4v) is 2.60. The van der Waals surface area contributed by atoms with Crippen LogP contribution >= 0.6 is 27.3 Å². The smallest absolute Gasteiger partial charge is 0.347 e. The third-order valence-corrected chi connectivity index (χ3v) is 3.57. The van der Waals surface area contributed by atoms with Crippen LogP contribution in [0.3, 0.4) is 0 Å². The van der Waals surface area contributed by atoms with Crippen LogP contribution in [0.15, 0.2) is 16.9 Å². The van der Waals surface area contributed by atoms with E-state index in [1.54, 1.807) is 0 Å². The fourth-order valence-electron chi connectivity index (χ4n) is 0.937. The Labute approximate surface area is 85.4 Å². The molecular weight excluding hydrogens is 256 g/mol. The molecule has 0 aliphatic heterocycles. The molecule has 0 fully saturated rings. The average Bonchev–Trinajstić information content (AvgIpc) is 2.45. The number of carboxylic acids is 1. The molecule has 0 amide bonds. The molecule has 0 radical (unpaired) electrons. The number of thiophene rings is 1. The predicted octanol–water partition coefficient (Wildman–Crippen LogP) is 2.15. The highest BCUT2D eigenvalue weighted by atomic mass is 79.9. The third kappa shape index (κ3) is 1.31. The second kappa shape index (κ2) is 3.04. The molecule has 0 unspecified atom stereocenters. The molecule has 2 aromatic heterocycles. The number of aromatic carboxylic acids is 1. The molecule has 4 nitrogen and oxygen atoms in total. The summed E-state index contributed by atoms with van der Waals surface area (Å²) in [5.41, 5.74) is 0.602. The van der Waals surface area contributed by atoms with E-state index in [1.165, 1.54) is 12.4 Å². The van der Waals surface area contributed by atoms with Gasteiger partial charge in [-0.15, -0.1) is 11.3 Å². The Balaban J connectivity index is 2.81. The van der Waals surface area contributed by atoms with Gasteiger partial charge in [-0.25, -0.2) is 9.78 Å². The lowest BCUT2D eigenvalue weighted by atomic mass is 10.4. The van der Waals surface area contributed by atoms with Gasteiger partial charge in [-0.1, -0.05) is 0 Å². The van der Waals surface area contributed by atoms with Crippen LogP contribution < -0.4 is 0 Å². The van der Waals surface area contributed by atoms with Crippen molar-refractivity contribution >= 4 is 43.6 Å². The minimum atomic E-state index is -0.961. The zero-order valence-electron chi connectivity index (χ0n) is 6.19. The Kier molecular flexibility index (Phi) is 2.01. The Hall–Kier alpha value is -1.01. The molecule has 6 heteroatoms. The van der Waals surface area contributed by atoms with Gasteiger partial charge in [0.1, 0.15) is 15.2 Å². The minimum Gasteiger partial charge on any atom is -0.477 e. The van der Waals surface area contributed by atoms with E-state index in [4.69, 9.17) is 5.11 Å². The summed E-state index contributed by atoms with van der Waals surface area (Å²) in [6, 6.07) is 0. The third-order valence-electron chi connectivity index (χ3n) is 1.46. The summed E-state index contributed by atoms with van der Waals surface area (Å²) in [6.45, 7) is 0. The molecule has 2 aromatic rings. The van der Waals surface area contributed by atoms with E-state index in [9.17, 15) is 4.79 Å². The molecule has 0 atom stereocenters. The number of carboxylic acid groups (broad SMARTS) is 1. The number of carbonyl (C=O) groups is 1. The zero-order valence-corrected chi connectivity index (χ0v) is 8.59. The van der Waals surface area contributed by atoms with E-state index in [0.717, 1.165) is 11.3 Å². The van der Waals surface area contributed by atoms with Crippen LogP contribution in [-0.4, -0.2) is 21.0 Å². The van der Waals surface area contributed by atoms with Gasteiger partial charge in [0.05, 0.1) is 4.47 Å². The van der Waals surface area contributed by atoms with Crippen molar-refractivity contribution in [2.24, 2.45) is 0 Å². The SMILES string of the molecule is O=C(O)c1sc2nccnc2c1Br. The molecule has 0 aromatic carbocycles. The predicted molar refractivity (Wildman–Crippen MR) is 52.1 cm³/mol. The van der Waals surface area contributed by atoms with Crippen LogP contribution in [0.1, 0.15) is 9.67 Å². The maximum atomic E-state index is 10.7. The molecule has 13 heavy (non-hydrogen) atoms. The summed E-state index contributed by atoms with van der Waals surface area (Å²) in [5, 5.41) is 8.79. The van der Waals surface area contributed by atoms with Crippen LogP contribution in [0.4, 0.5) is 0 Å². The van der Waals surface area contributed by atoms with Gasteiger partial charge in [0, 0.05) is 12.4 Å². The van der Waals surface area contributed by atoms with Gasteiger partial charge in [0.25, 0.3) is 0 Å². The molecular formula is C7H3BrN2O2S. The molecule has 0 spiro atoms. The Morgan fingerprint density at radius 2 is 2.15 bits per heavy atom. The number of rotatable bonds is 1. The van der Waals surface area contributed by atoms with Crippen LogP contribution in [0.25, 0.3) is 10.3 Å². The van der Waals surface area contributed by atoms with Crippen molar-refractivity contribution in [3.05, 3.63) is 21.7 Å². The first kappa shape index (κ1) is 8.58. The minimum absolute atomic E-state index is 0.237. The zero-order chi connectivity index (χ0) is 9.42. The highest BCUT2D eigenvalue weighted by Crippen LogP contribution is 2.32. The van der Waals surface area contributed by atoms with Crippen molar-refractivity contribution in [1.82, 2.24) is 9.97 Å². The molecule has 66 valence electrons. The van der Waals surface area contributed by atoms with Gasteiger partial charge in [-0.2, -0.15) is 0 Å². The molecule has 0 saturated heterocycles. The van der Waals surface area contributed by atoms with Crippen LogP contribution in [0, 0.1) is 0 Å². The van der Waals surface area contributed by atoms with Crippen molar-refractivity contribution < 1.29 is 9.90 Å². The van der Waals surface area contributed by atoms with E-state index in [-0.39, 0.29) is 4.88 Å². The summed E-state index contributed by atoms with van der Waals surface area (Å²) in [5.74, 6) is -0.961. The number of nitrogens with zero attached hydrogens (tertiary/aromatic N) is 2. The molecule has 2 rings (SSSR count). The average molecular weight is 259 g/mol. The lowest BCUT2D eigenvalue weighted by molar-refractivity contribution is 0.0701. The van der Waals surface area contributed by atoms with Gasteiger partial charge in [-0.05, 0) is 15.9 Å². The first-order chi connectivity index (χ1) is 6.20. The summed E-state index contributed by atoms with van der Waals surface area (Å²) >= 11 is 4.29. The highest BCUT2D eigenvalue weighted by molar-refractivity contribution is 9.10. The van der Waals surface area contributed by atoms with Crippen LogP contribution in [-0.2, 0) is 0 Å². The summed E-state index contributed by atoms with van der Waals surface area (Å²) in [7, 11) is 0.